The van der Waals surface area contributed by atoms with Gasteiger partial charge in [-0.2, -0.15) is 0 Å². The molecule has 1 fully saturated rings. The third-order valence-corrected chi connectivity index (χ3v) is 4.37. The minimum Gasteiger partial charge on any atom is -0.371 e. The SMILES string of the molecule is CCCC[C@@H]1CN(C(=O)Cn2ccccc2=O)C[C@H](C(C)C)O1. The molecule has 1 saturated heterocycles. The Kier molecular flexibility index (Phi) is 6.39. The third kappa shape index (κ3) is 4.93. The monoisotopic (exact) mass is 320 g/mol. The van der Waals surface area contributed by atoms with Gasteiger partial charge in [-0.15, -0.1) is 0 Å². The van der Waals surface area contributed by atoms with Crippen LogP contribution in [0.1, 0.15) is 40.0 Å². The van der Waals surface area contributed by atoms with Crippen molar-refractivity contribution in [1.29, 1.82) is 0 Å². The van der Waals surface area contributed by atoms with Gasteiger partial charge in [-0.25, -0.2) is 0 Å². The smallest absolute Gasteiger partial charge is 0.250 e. The molecule has 1 aliphatic rings. The van der Waals surface area contributed by atoms with Crippen LogP contribution in [0.4, 0.5) is 0 Å². The quantitative estimate of drug-likeness (QED) is 0.808. The number of carbonyl (C=O) groups excluding carboxylic acids is 1. The lowest BCUT2D eigenvalue weighted by Crippen LogP contribution is -2.52. The molecule has 0 aliphatic carbocycles. The minimum atomic E-state index is -0.142. The predicted molar refractivity (Wildman–Crippen MR) is 90.3 cm³/mol. The standard InChI is InChI=1S/C18H28N2O3/c1-4-5-8-15-11-20(12-16(23-15)14(2)3)18(22)13-19-10-7-6-9-17(19)21/h6-7,9-10,14-16H,4-5,8,11-13H2,1-3H3/t15-,16-/m1/s1. The molecule has 1 aliphatic heterocycles. The van der Waals surface area contributed by atoms with Gasteiger partial charge in [-0.3, -0.25) is 9.59 Å². The highest BCUT2D eigenvalue weighted by Crippen LogP contribution is 2.21. The number of rotatable bonds is 6. The lowest BCUT2D eigenvalue weighted by atomic mass is 10.0. The van der Waals surface area contributed by atoms with E-state index in [9.17, 15) is 9.59 Å². The van der Waals surface area contributed by atoms with Gasteiger partial charge in [0.1, 0.15) is 6.54 Å². The van der Waals surface area contributed by atoms with E-state index < -0.39 is 0 Å². The first-order valence-corrected chi connectivity index (χ1v) is 8.60. The molecule has 2 rings (SSSR count). The zero-order valence-corrected chi connectivity index (χ0v) is 14.4. The molecule has 1 aromatic rings. The summed E-state index contributed by atoms with van der Waals surface area (Å²) in [6.45, 7) is 7.75. The van der Waals surface area contributed by atoms with E-state index in [4.69, 9.17) is 4.74 Å². The summed E-state index contributed by atoms with van der Waals surface area (Å²) < 4.78 is 7.60. The fourth-order valence-corrected chi connectivity index (χ4v) is 2.87. The Balaban J connectivity index is 2.05. The molecular weight excluding hydrogens is 292 g/mol. The van der Waals surface area contributed by atoms with Crippen LogP contribution in [0, 0.1) is 5.92 Å². The van der Waals surface area contributed by atoms with Crippen LogP contribution in [0.2, 0.25) is 0 Å². The van der Waals surface area contributed by atoms with E-state index in [0.717, 1.165) is 19.3 Å². The molecule has 0 saturated carbocycles. The summed E-state index contributed by atoms with van der Waals surface area (Å²) in [5.74, 6) is 0.364. The number of nitrogens with zero attached hydrogens (tertiary/aromatic N) is 2. The minimum absolute atomic E-state index is 0.00579. The van der Waals surface area contributed by atoms with Crippen molar-refractivity contribution in [2.75, 3.05) is 13.1 Å². The van der Waals surface area contributed by atoms with Crippen molar-refractivity contribution in [3.8, 4) is 0 Å². The number of hydrogen-bond acceptors (Lipinski definition) is 3. The zero-order valence-electron chi connectivity index (χ0n) is 14.4. The summed E-state index contributed by atoms with van der Waals surface area (Å²) in [7, 11) is 0. The topological polar surface area (TPSA) is 51.5 Å². The van der Waals surface area contributed by atoms with Gasteiger partial charge in [0.25, 0.3) is 5.56 Å². The molecule has 0 unspecified atom stereocenters. The van der Waals surface area contributed by atoms with Crippen LogP contribution in [0.5, 0.6) is 0 Å². The number of unbranched alkanes of at least 4 members (excludes halogenated alkanes) is 1. The van der Waals surface area contributed by atoms with Gasteiger partial charge < -0.3 is 14.2 Å². The highest BCUT2D eigenvalue weighted by molar-refractivity contribution is 5.76. The maximum Gasteiger partial charge on any atom is 0.250 e. The van der Waals surface area contributed by atoms with Crippen LogP contribution in [0.3, 0.4) is 0 Å². The molecule has 1 aromatic heterocycles. The maximum absolute atomic E-state index is 12.6. The lowest BCUT2D eigenvalue weighted by Gasteiger charge is -2.40. The Hall–Kier alpha value is -1.62. The molecule has 23 heavy (non-hydrogen) atoms. The summed E-state index contributed by atoms with van der Waals surface area (Å²) >= 11 is 0. The fourth-order valence-electron chi connectivity index (χ4n) is 2.87. The van der Waals surface area contributed by atoms with E-state index in [2.05, 4.69) is 20.8 Å². The van der Waals surface area contributed by atoms with Crippen molar-refractivity contribution in [1.82, 2.24) is 9.47 Å². The first kappa shape index (κ1) is 17.7. The summed E-state index contributed by atoms with van der Waals surface area (Å²) in [6.07, 6.45) is 5.05. The van der Waals surface area contributed by atoms with Gasteiger partial charge >= 0.3 is 0 Å². The first-order valence-electron chi connectivity index (χ1n) is 8.60. The number of morpholine rings is 1. The molecule has 2 atom stereocenters. The van der Waals surface area contributed by atoms with Crippen molar-refractivity contribution >= 4 is 5.91 Å². The lowest BCUT2D eigenvalue weighted by molar-refractivity contribution is -0.150. The molecule has 0 bridgehead atoms. The molecule has 1 amide bonds. The number of aromatic nitrogens is 1. The van der Waals surface area contributed by atoms with Crippen molar-refractivity contribution in [3.63, 3.8) is 0 Å². The van der Waals surface area contributed by atoms with Crippen molar-refractivity contribution in [3.05, 3.63) is 34.7 Å². The molecule has 5 heteroatoms. The van der Waals surface area contributed by atoms with Crippen molar-refractivity contribution in [2.24, 2.45) is 5.92 Å². The van der Waals surface area contributed by atoms with Gasteiger partial charge in [0, 0.05) is 25.4 Å². The first-order chi connectivity index (χ1) is 11.0. The summed E-state index contributed by atoms with van der Waals surface area (Å²) in [5.41, 5.74) is -0.142. The second-order valence-electron chi connectivity index (χ2n) is 6.65. The molecular formula is C18H28N2O3. The van der Waals surface area contributed by atoms with Crippen LogP contribution in [-0.2, 0) is 16.1 Å². The normalized spacial score (nSPS) is 21.7. The fraction of sp³-hybridized carbons (Fsp3) is 0.667. The van der Waals surface area contributed by atoms with Crippen LogP contribution < -0.4 is 5.56 Å². The number of pyridine rings is 1. The van der Waals surface area contributed by atoms with Gasteiger partial charge in [0.05, 0.1) is 12.2 Å². The van der Waals surface area contributed by atoms with E-state index in [1.54, 1.807) is 18.3 Å². The highest BCUT2D eigenvalue weighted by atomic mass is 16.5. The summed E-state index contributed by atoms with van der Waals surface area (Å²) in [5, 5.41) is 0. The molecule has 2 heterocycles. The number of hydrogen-bond donors (Lipinski definition) is 0. The predicted octanol–water partition coefficient (Wildman–Crippen LogP) is 2.29. The molecule has 0 radical (unpaired) electrons. The average molecular weight is 320 g/mol. The van der Waals surface area contributed by atoms with Gasteiger partial charge in [-0.05, 0) is 18.4 Å². The van der Waals surface area contributed by atoms with Crippen LogP contribution in [-0.4, -0.2) is 40.7 Å². The Morgan fingerprint density at radius 2 is 2.13 bits per heavy atom. The molecule has 0 aromatic carbocycles. The van der Waals surface area contributed by atoms with Gasteiger partial charge in [-0.1, -0.05) is 39.7 Å². The van der Waals surface area contributed by atoms with Gasteiger partial charge in [0.15, 0.2) is 0 Å². The second kappa shape index (κ2) is 8.29. The summed E-state index contributed by atoms with van der Waals surface area (Å²) in [6, 6.07) is 4.94. The maximum atomic E-state index is 12.6. The highest BCUT2D eigenvalue weighted by Gasteiger charge is 2.31. The third-order valence-electron chi connectivity index (χ3n) is 4.37. The Morgan fingerprint density at radius 3 is 2.78 bits per heavy atom. The largest absolute Gasteiger partial charge is 0.371 e. The Labute approximate surface area is 138 Å². The number of amides is 1. The van der Waals surface area contributed by atoms with E-state index in [1.165, 1.54) is 10.6 Å². The average Bonchev–Trinajstić information content (AvgIpc) is 2.54. The van der Waals surface area contributed by atoms with Crippen LogP contribution in [0.15, 0.2) is 29.2 Å². The zero-order chi connectivity index (χ0) is 16.8. The molecule has 0 spiro atoms. The van der Waals surface area contributed by atoms with Crippen LogP contribution >= 0.6 is 0 Å². The Morgan fingerprint density at radius 1 is 1.35 bits per heavy atom. The van der Waals surface area contributed by atoms with Crippen molar-refractivity contribution in [2.45, 2.75) is 58.8 Å². The number of carbonyl (C=O) groups is 1. The van der Waals surface area contributed by atoms with E-state index in [0.29, 0.717) is 19.0 Å². The van der Waals surface area contributed by atoms with E-state index in [-0.39, 0.29) is 30.2 Å². The van der Waals surface area contributed by atoms with Crippen molar-refractivity contribution < 1.29 is 9.53 Å². The molecule has 0 N–H and O–H groups in total. The number of ether oxygens (including phenoxy) is 1. The Bertz CT molecular complexity index is 567. The second-order valence-corrected chi connectivity index (χ2v) is 6.65. The van der Waals surface area contributed by atoms with Crippen LogP contribution in [0.25, 0.3) is 0 Å². The van der Waals surface area contributed by atoms with Gasteiger partial charge in [0.2, 0.25) is 5.91 Å². The van der Waals surface area contributed by atoms with E-state index >= 15 is 0 Å². The van der Waals surface area contributed by atoms with E-state index in [1.807, 2.05) is 4.90 Å². The molecule has 128 valence electrons. The summed E-state index contributed by atoms with van der Waals surface area (Å²) in [4.78, 5) is 26.3. The molecule has 5 nitrogen and oxygen atoms in total.